The van der Waals surface area contributed by atoms with Crippen LogP contribution in [0, 0.1) is 0 Å². The van der Waals surface area contributed by atoms with Crippen molar-refractivity contribution in [2.75, 3.05) is 0 Å². The van der Waals surface area contributed by atoms with Crippen molar-refractivity contribution in [3.05, 3.63) is 205 Å². The van der Waals surface area contributed by atoms with Crippen LogP contribution in [0.2, 0.25) is 0 Å². The smallest absolute Gasteiger partial charge is 0.0165 e. The molecular formula is C55H38. The zero-order valence-corrected chi connectivity index (χ0v) is 31.0. The Bertz CT molecular complexity index is 3100. The fourth-order valence-electron chi connectivity index (χ4n) is 9.75. The lowest BCUT2D eigenvalue weighted by Crippen LogP contribution is -2.15. The van der Waals surface area contributed by atoms with E-state index in [4.69, 9.17) is 0 Å². The molecule has 0 spiro atoms. The van der Waals surface area contributed by atoms with Gasteiger partial charge in [-0.3, -0.25) is 0 Å². The van der Waals surface area contributed by atoms with E-state index in [-0.39, 0.29) is 5.41 Å². The van der Waals surface area contributed by atoms with Gasteiger partial charge in [-0.15, -0.1) is 0 Å². The molecule has 1 aliphatic rings. The average molecular weight is 699 g/mol. The van der Waals surface area contributed by atoms with Gasteiger partial charge in [-0.25, -0.2) is 0 Å². The Balaban J connectivity index is 1.08. The molecule has 0 aromatic heterocycles. The Labute approximate surface area is 322 Å². The first kappa shape index (κ1) is 31.7. The van der Waals surface area contributed by atoms with Gasteiger partial charge >= 0.3 is 0 Å². The van der Waals surface area contributed by atoms with Crippen LogP contribution in [-0.2, 0) is 5.41 Å². The van der Waals surface area contributed by atoms with Crippen molar-refractivity contribution < 1.29 is 0 Å². The SMILES string of the molecule is CC1(C)c2cccc(-c3ccc(-c4c5ccccc5c(-c5ccccc5-c5ccc6ccccc6c5)c5ccccc45)cc3)c2-c2ccc3ccccc3c21. The Morgan fingerprint density at radius 2 is 0.800 bits per heavy atom. The number of benzene rings is 10. The van der Waals surface area contributed by atoms with E-state index in [1.165, 1.54) is 110 Å². The molecule has 0 aliphatic heterocycles. The van der Waals surface area contributed by atoms with Gasteiger partial charge in [0.25, 0.3) is 0 Å². The van der Waals surface area contributed by atoms with Gasteiger partial charge in [-0.2, -0.15) is 0 Å². The minimum Gasteiger partial charge on any atom is -0.0616 e. The van der Waals surface area contributed by atoms with Crippen molar-refractivity contribution in [1.82, 2.24) is 0 Å². The zero-order chi connectivity index (χ0) is 36.7. The molecular weight excluding hydrogens is 661 g/mol. The summed E-state index contributed by atoms with van der Waals surface area (Å²) in [4.78, 5) is 0. The second-order valence-electron chi connectivity index (χ2n) is 15.6. The summed E-state index contributed by atoms with van der Waals surface area (Å²) in [6.45, 7) is 4.77. The maximum absolute atomic E-state index is 2.39. The van der Waals surface area contributed by atoms with Crippen LogP contribution in [0.5, 0.6) is 0 Å². The third-order valence-corrected chi connectivity index (χ3v) is 12.2. The molecule has 1 aliphatic carbocycles. The molecule has 0 radical (unpaired) electrons. The summed E-state index contributed by atoms with van der Waals surface area (Å²) in [5.74, 6) is 0. The van der Waals surface area contributed by atoms with Crippen LogP contribution in [0.1, 0.15) is 25.0 Å². The Morgan fingerprint density at radius 3 is 1.51 bits per heavy atom. The second-order valence-corrected chi connectivity index (χ2v) is 15.6. The predicted octanol–water partition coefficient (Wildman–Crippen LogP) is 15.3. The third kappa shape index (κ3) is 4.78. The van der Waals surface area contributed by atoms with Gasteiger partial charge < -0.3 is 0 Å². The van der Waals surface area contributed by atoms with E-state index in [1.807, 2.05) is 0 Å². The molecule has 55 heavy (non-hydrogen) atoms. The average Bonchev–Trinajstić information content (AvgIpc) is 3.49. The molecule has 0 N–H and O–H groups in total. The maximum atomic E-state index is 2.39. The number of fused-ring (bicyclic) bond motifs is 8. The molecule has 0 saturated heterocycles. The topological polar surface area (TPSA) is 0 Å². The fourth-order valence-corrected chi connectivity index (χ4v) is 9.75. The minimum atomic E-state index is -0.0893. The lowest BCUT2D eigenvalue weighted by atomic mass is 9.80. The van der Waals surface area contributed by atoms with Gasteiger partial charge in [0.15, 0.2) is 0 Å². The van der Waals surface area contributed by atoms with Gasteiger partial charge in [0.05, 0.1) is 0 Å². The summed E-state index contributed by atoms with van der Waals surface area (Å²) < 4.78 is 0. The lowest BCUT2D eigenvalue weighted by molar-refractivity contribution is 0.666. The molecule has 10 aromatic rings. The van der Waals surface area contributed by atoms with Crippen molar-refractivity contribution in [3.8, 4) is 55.6 Å². The van der Waals surface area contributed by atoms with Crippen LogP contribution in [-0.4, -0.2) is 0 Å². The highest BCUT2D eigenvalue weighted by molar-refractivity contribution is 6.22. The number of hydrogen-bond donors (Lipinski definition) is 0. The minimum absolute atomic E-state index is 0.0893. The van der Waals surface area contributed by atoms with Crippen molar-refractivity contribution in [1.29, 1.82) is 0 Å². The van der Waals surface area contributed by atoms with Gasteiger partial charge in [0.2, 0.25) is 0 Å². The molecule has 11 rings (SSSR count). The second kappa shape index (κ2) is 12.1. The zero-order valence-electron chi connectivity index (χ0n) is 31.0. The van der Waals surface area contributed by atoms with Crippen LogP contribution in [0.3, 0.4) is 0 Å². The third-order valence-electron chi connectivity index (χ3n) is 12.2. The van der Waals surface area contributed by atoms with E-state index in [9.17, 15) is 0 Å². The van der Waals surface area contributed by atoms with Crippen LogP contribution in [0.15, 0.2) is 194 Å². The van der Waals surface area contributed by atoms with Crippen molar-refractivity contribution in [2.24, 2.45) is 0 Å². The Kier molecular flexibility index (Phi) is 7.00. The van der Waals surface area contributed by atoms with E-state index in [2.05, 4.69) is 208 Å². The summed E-state index contributed by atoms with van der Waals surface area (Å²) in [5.41, 5.74) is 15.5. The summed E-state index contributed by atoms with van der Waals surface area (Å²) >= 11 is 0. The van der Waals surface area contributed by atoms with Gasteiger partial charge in [-0.1, -0.05) is 202 Å². The maximum Gasteiger partial charge on any atom is 0.0165 e. The number of rotatable bonds is 4. The predicted molar refractivity (Wildman–Crippen MR) is 236 cm³/mol. The quantitative estimate of drug-likeness (QED) is 0.161. The first-order valence-corrected chi connectivity index (χ1v) is 19.4. The molecule has 0 nitrogen and oxygen atoms in total. The fraction of sp³-hybridized carbons (Fsp3) is 0.0545. The Hall–Kier alpha value is -6.76. The number of hydrogen-bond acceptors (Lipinski definition) is 0. The highest BCUT2D eigenvalue weighted by Crippen LogP contribution is 2.54. The van der Waals surface area contributed by atoms with E-state index in [0.29, 0.717) is 0 Å². The highest BCUT2D eigenvalue weighted by atomic mass is 14.4. The molecule has 0 heterocycles. The molecule has 0 fully saturated rings. The van der Waals surface area contributed by atoms with Crippen molar-refractivity contribution in [3.63, 3.8) is 0 Å². The van der Waals surface area contributed by atoms with Gasteiger partial charge in [0, 0.05) is 5.41 Å². The standard InChI is InChI=1S/C55H38/c1-55(2)50-25-13-24-42(53(50)49-33-32-36-15-5-6-18-43(36)54(49)55)37-27-29-38(30-28-37)51-45-20-9-11-22-47(45)52(48-23-12-10-21-46(48)51)44-19-8-7-17-41(44)40-31-26-35-14-3-4-16-39(35)34-40/h3-34H,1-2H3. The normalized spacial score (nSPS) is 13.1. The molecule has 0 atom stereocenters. The van der Waals surface area contributed by atoms with E-state index in [0.717, 1.165) is 0 Å². The molecule has 0 bridgehead atoms. The van der Waals surface area contributed by atoms with E-state index >= 15 is 0 Å². The summed E-state index contributed by atoms with van der Waals surface area (Å²) in [5, 5.41) is 10.2. The largest absolute Gasteiger partial charge is 0.0616 e. The first-order valence-electron chi connectivity index (χ1n) is 19.4. The van der Waals surface area contributed by atoms with E-state index in [1.54, 1.807) is 0 Å². The lowest BCUT2D eigenvalue weighted by Gasteiger charge is -2.23. The summed E-state index contributed by atoms with van der Waals surface area (Å²) in [6.07, 6.45) is 0. The highest BCUT2D eigenvalue weighted by Gasteiger charge is 2.38. The monoisotopic (exact) mass is 698 g/mol. The molecule has 0 amide bonds. The Morgan fingerprint density at radius 1 is 0.291 bits per heavy atom. The van der Waals surface area contributed by atoms with Gasteiger partial charge in [0.1, 0.15) is 0 Å². The van der Waals surface area contributed by atoms with Crippen LogP contribution < -0.4 is 0 Å². The molecule has 0 heteroatoms. The molecule has 10 aromatic carbocycles. The van der Waals surface area contributed by atoms with Crippen LogP contribution >= 0.6 is 0 Å². The van der Waals surface area contributed by atoms with Crippen LogP contribution in [0.25, 0.3) is 98.7 Å². The van der Waals surface area contributed by atoms with Gasteiger partial charge in [-0.05, 0) is 116 Å². The van der Waals surface area contributed by atoms with Crippen LogP contribution in [0.4, 0.5) is 0 Å². The summed E-state index contributed by atoms with van der Waals surface area (Å²) in [7, 11) is 0. The summed E-state index contributed by atoms with van der Waals surface area (Å²) in [6, 6.07) is 72.1. The molecule has 0 unspecified atom stereocenters. The van der Waals surface area contributed by atoms with Crippen molar-refractivity contribution in [2.45, 2.75) is 19.3 Å². The molecule has 258 valence electrons. The first-order chi connectivity index (χ1) is 27.1. The van der Waals surface area contributed by atoms with Crippen molar-refractivity contribution >= 4 is 43.1 Å². The molecule has 0 saturated carbocycles. The van der Waals surface area contributed by atoms with E-state index < -0.39 is 0 Å².